The molecule has 0 radical (unpaired) electrons. The van der Waals surface area contributed by atoms with Gasteiger partial charge < -0.3 is 9.52 Å². The molecule has 0 fully saturated rings. The van der Waals surface area contributed by atoms with Crippen molar-refractivity contribution in [2.75, 3.05) is 0 Å². The number of allylic oxidation sites excluding steroid dienone is 1. The molecule has 0 saturated carbocycles. The number of aromatic hydroxyl groups is 1. The molecule has 1 aliphatic rings. The van der Waals surface area contributed by atoms with E-state index in [2.05, 4.69) is 0 Å². The van der Waals surface area contributed by atoms with Crippen LogP contribution in [0.4, 0.5) is 0 Å². The number of oxazole rings is 1. The Balaban J connectivity index is 2.58. The summed E-state index contributed by atoms with van der Waals surface area (Å²) in [5.74, 6) is 0.00992. The number of benzene rings is 1. The second-order valence-electron chi connectivity index (χ2n) is 4.97. The van der Waals surface area contributed by atoms with Crippen molar-refractivity contribution in [2.45, 2.75) is 39.5 Å². The molecule has 19 heavy (non-hydrogen) atoms. The van der Waals surface area contributed by atoms with Crippen LogP contribution in [0.15, 0.2) is 15.3 Å². The van der Waals surface area contributed by atoms with Crippen molar-refractivity contribution in [1.82, 2.24) is 4.57 Å². The van der Waals surface area contributed by atoms with E-state index in [-0.39, 0.29) is 11.7 Å². The summed E-state index contributed by atoms with van der Waals surface area (Å²) >= 11 is 0. The zero-order valence-corrected chi connectivity index (χ0v) is 11.4. The fourth-order valence-corrected chi connectivity index (χ4v) is 3.03. The van der Waals surface area contributed by atoms with Gasteiger partial charge in [-0.05, 0) is 12.8 Å². The van der Waals surface area contributed by atoms with E-state index in [1.54, 1.807) is 6.20 Å². The predicted molar refractivity (Wildman–Crippen MR) is 74.6 cm³/mol. The zero-order valence-electron chi connectivity index (χ0n) is 11.4. The van der Waals surface area contributed by atoms with Gasteiger partial charge in [0.05, 0.1) is 0 Å². The molecular weight excluding hydrogens is 242 g/mol. The highest BCUT2D eigenvalue weighted by Crippen LogP contribution is 2.42. The first-order valence-electron chi connectivity index (χ1n) is 6.70. The van der Waals surface area contributed by atoms with Crippen molar-refractivity contribution >= 4 is 17.3 Å². The highest BCUT2D eigenvalue weighted by molar-refractivity contribution is 5.88. The Morgan fingerprint density at radius 3 is 2.63 bits per heavy atom. The molecule has 1 aromatic heterocycles. The van der Waals surface area contributed by atoms with E-state index in [1.165, 1.54) is 4.57 Å². The van der Waals surface area contributed by atoms with Gasteiger partial charge >= 0.3 is 5.76 Å². The maximum absolute atomic E-state index is 11.9. The smallest absolute Gasteiger partial charge is 0.424 e. The van der Waals surface area contributed by atoms with E-state index in [1.807, 2.05) is 26.8 Å². The van der Waals surface area contributed by atoms with Crippen LogP contribution in [0.25, 0.3) is 17.3 Å². The average Bonchev–Trinajstić information content (AvgIpc) is 2.72. The summed E-state index contributed by atoms with van der Waals surface area (Å²) < 4.78 is 6.91. The molecule has 0 aliphatic carbocycles. The molecular formula is C15H17NO3. The van der Waals surface area contributed by atoms with Crippen LogP contribution < -0.4 is 5.76 Å². The van der Waals surface area contributed by atoms with E-state index < -0.39 is 0 Å². The van der Waals surface area contributed by atoms with Gasteiger partial charge in [-0.25, -0.2) is 9.36 Å². The third-order valence-corrected chi connectivity index (χ3v) is 3.96. The molecule has 100 valence electrons. The fourth-order valence-electron chi connectivity index (χ4n) is 3.03. The highest BCUT2D eigenvalue weighted by atomic mass is 16.4. The summed E-state index contributed by atoms with van der Waals surface area (Å²) in [6, 6.07) is 0. The van der Waals surface area contributed by atoms with Gasteiger partial charge in [-0.1, -0.05) is 26.8 Å². The van der Waals surface area contributed by atoms with E-state index in [4.69, 9.17) is 4.42 Å². The SMILES string of the molecule is CCc1c(O)c2c3c(oc(=O)n3C=CC2C)c1CC. The lowest BCUT2D eigenvalue weighted by Gasteiger charge is -2.20. The standard InChI is InChI=1S/C15H17NO3/c1-4-9-10(5-2)14-12-11(13(9)17)8(3)6-7-16(12)15(18)19-14/h6-8,17H,4-5H2,1-3H3. The molecule has 0 amide bonds. The van der Waals surface area contributed by atoms with Crippen molar-refractivity contribution in [1.29, 1.82) is 0 Å². The molecule has 0 saturated heterocycles. The minimum absolute atomic E-state index is 0.0794. The van der Waals surface area contributed by atoms with Gasteiger partial charge in [-0.15, -0.1) is 0 Å². The third-order valence-electron chi connectivity index (χ3n) is 3.96. The van der Waals surface area contributed by atoms with E-state index in [9.17, 15) is 9.90 Å². The Bertz CT molecular complexity index is 749. The van der Waals surface area contributed by atoms with Gasteiger partial charge in [0.1, 0.15) is 11.3 Å². The second-order valence-corrected chi connectivity index (χ2v) is 4.97. The number of aryl methyl sites for hydroxylation is 1. The molecule has 2 aromatic rings. The Hall–Kier alpha value is -1.97. The van der Waals surface area contributed by atoms with Crippen molar-refractivity contribution in [3.63, 3.8) is 0 Å². The first kappa shape index (κ1) is 12.1. The normalized spacial score (nSPS) is 17.3. The number of phenols is 1. The Morgan fingerprint density at radius 2 is 2.00 bits per heavy atom. The van der Waals surface area contributed by atoms with Crippen molar-refractivity contribution in [3.05, 3.63) is 33.3 Å². The lowest BCUT2D eigenvalue weighted by molar-refractivity contribution is 0.459. The average molecular weight is 259 g/mol. The van der Waals surface area contributed by atoms with Gasteiger partial charge in [0.15, 0.2) is 5.58 Å². The van der Waals surface area contributed by atoms with Gasteiger partial charge in [-0.3, -0.25) is 0 Å². The van der Waals surface area contributed by atoms with Crippen LogP contribution >= 0.6 is 0 Å². The minimum Gasteiger partial charge on any atom is -0.507 e. The van der Waals surface area contributed by atoms with Crippen molar-refractivity contribution < 1.29 is 9.52 Å². The van der Waals surface area contributed by atoms with Crippen LogP contribution in [0.1, 0.15) is 43.4 Å². The van der Waals surface area contributed by atoms with Crippen LogP contribution in [0.2, 0.25) is 0 Å². The molecule has 0 bridgehead atoms. The first-order valence-corrected chi connectivity index (χ1v) is 6.70. The summed E-state index contributed by atoms with van der Waals surface area (Å²) in [6.45, 7) is 6.03. The van der Waals surface area contributed by atoms with Gasteiger partial charge in [0.2, 0.25) is 0 Å². The second kappa shape index (κ2) is 4.02. The Morgan fingerprint density at radius 1 is 1.32 bits per heavy atom. The van der Waals surface area contributed by atoms with Gasteiger partial charge in [0.25, 0.3) is 0 Å². The third kappa shape index (κ3) is 1.43. The molecule has 1 atom stereocenters. The summed E-state index contributed by atoms with van der Waals surface area (Å²) in [5, 5.41) is 10.5. The summed E-state index contributed by atoms with van der Waals surface area (Å²) in [7, 11) is 0. The monoisotopic (exact) mass is 259 g/mol. The summed E-state index contributed by atoms with van der Waals surface area (Å²) in [6.07, 6.45) is 5.10. The molecule has 2 heterocycles. The van der Waals surface area contributed by atoms with E-state index in [0.717, 1.165) is 35.0 Å². The lowest BCUT2D eigenvalue weighted by atomic mass is 9.89. The molecule has 1 aliphatic heterocycles. The number of aromatic nitrogens is 1. The molecule has 4 nitrogen and oxygen atoms in total. The minimum atomic E-state index is -0.387. The number of nitrogens with zero attached hydrogens (tertiary/aromatic N) is 1. The van der Waals surface area contributed by atoms with E-state index >= 15 is 0 Å². The number of hydrogen-bond acceptors (Lipinski definition) is 3. The van der Waals surface area contributed by atoms with Crippen molar-refractivity contribution in [3.8, 4) is 5.75 Å². The molecule has 1 aromatic carbocycles. The Labute approximate surface area is 111 Å². The largest absolute Gasteiger partial charge is 0.507 e. The van der Waals surface area contributed by atoms with Crippen LogP contribution in [-0.4, -0.2) is 9.67 Å². The molecule has 1 unspecified atom stereocenters. The van der Waals surface area contributed by atoms with Crippen LogP contribution in [0, 0.1) is 0 Å². The number of hydrogen-bond donors (Lipinski definition) is 1. The first-order chi connectivity index (χ1) is 9.10. The molecule has 0 spiro atoms. The molecule has 3 rings (SSSR count). The number of phenolic OH excluding ortho intramolecular Hbond substituents is 1. The highest BCUT2D eigenvalue weighted by Gasteiger charge is 2.27. The van der Waals surface area contributed by atoms with Gasteiger partial charge in [0, 0.05) is 28.8 Å². The zero-order chi connectivity index (χ0) is 13.7. The summed E-state index contributed by atoms with van der Waals surface area (Å²) in [4.78, 5) is 11.9. The lowest BCUT2D eigenvalue weighted by Crippen LogP contribution is -2.12. The summed E-state index contributed by atoms with van der Waals surface area (Å²) in [5.41, 5.74) is 4.00. The number of rotatable bonds is 2. The van der Waals surface area contributed by atoms with Crippen LogP contribution in [0.3, 0.4) is 0 Å². The maximum Gasteiger partial charge on any atom is 0.424 e. The predicted octanol–water partition coefficient (Wildman–Crippen LogP) is 3.01. The van der Waals surface area contributed by atoms with Gasteiger partial charge in [-0.2, -0.15) is 0 Å². The molecule has 4 heteroatoms. The maximum atomic E-state index is 11.9. The quantitative estimate of drug-likeness (QED) is 0.902. The van der Waals surface area contributed by atoms with Crippen LogP contribution in [-0.2, 0) is 12.8 Å². The molecule has 1 N–H and O–H groups in total. The Kier molecular flexibility index (Phi) is 2.55. The van der Waals surface area contributed by atoms with E-state index in [0.29, 0.717) is 11.3 Å². The topological polar surface area (TPSA) is 55.4 Å². The van der Waals surface area contributed by atoms with Crippen molar-refractivity contribution in [2.24, 2.45) is 0 Å². The fraction of sp³-hybridized carbons (Fsp3) is 0.400. The van der Waals surface area contributed by atoms with Crippen LogP contribution in [0.5, 0.6) is 5.75 Å².